The van der Waals surface area contributed by atoms with Crippen molar-refractivity contribution >= 4 is 35.5 Å². The lowest BCUT2D eigenvalue weighted by Gasteiger charge is -2.28. The van der Waals surface area contributed by atoms with Crippen molar-refractivity contribution in [2.45, 2.75) is 71.9 Å². The molecule has 0 heterocycles. The number of allylic oxidation sites excluding steroid dienone is 1. The predicted molar refractivity (Wildman–Crippen MR) is 133 cm³/mol. The predicted octanol–water partition coefficient (Wildman–Crippen LogP) is 4.40. The molecule has 0 fully saturated rings. The van der Waals surface area contributed by atoms with Gasteiger partial charge in [0.05, 0.1) is 19.1 Å². The first-order valence-corrected chi connectivity index (χ1v) is 11.7. The second kappa shape index (κ2) is 14.0. The number of urea groups is 1. The maximum atomic E-state index is 13.0. The minimum absolute atomic E-state index is 0.0301. The molecule has 10 nitrogen and oxygen atoms in total. The van der Waals surface area contributed by atoms with E-state index >= 15 is 0 Å². The second-order valence-corrected chi connectivity index (χ2v) is 9.55. The number of nitrogens with one attached hydrogen (secondary N) is 1. The van der Waals surface area contributed by atoms with Gasteiger partial charge < -0.3 is 19.9 Å². The molecule has 1 aromatic rings. The molecule has 0 radical (unpaired) electrons. The quantitative estimate of drug-likeness (QED) is 0.334. The van der Waals surface area contributed by atoms with Gasteiger partial charge in [0.15, 0.2) is 0 Å². The van der Waals surface area contributed by atoms with Crippen LogP contribution in [0.2, 0.25) is 0 Å². The van der Waals surface area contributed by atoms with E-state index in [9.17, 15) is 29.1 Å². The van der Waals surface area contributed by atoms with Gasteiger partial charge in [-0.2, -0.15) is 0 Å². The largest absolute Gasteiger partial charge is 0.480 e. The maximum Gasteiger partial charge on any atom is 0.337 e. The van der Waals surface area contributed by atoms with Gasteiger partial charge in [-0.25, -0.2) is 19.3 Å². The summed E-state index contributed by atoms with van der Waals surface area (Å²) < 4.78 is 9.84. The van der Waals surface area contributed by atoms with Crippen molar-refractivity contribution in [1.29, 1.82) is 0 Å². The van der Waals surface area contributed by atoms with Crippen molar-refractivity contribution in [1.82, 2.24) is 4.90 Å². The third kappa shape index (κ3) is 10.7. The number of imide groups is 1. The number of carbonyl (C=O) groups excluding carboxylic acids is 4. The highest BCUT2D eigenvalue weighted by Crippen LogP contribution is 2.18. The van der Waals surface area contributed by atoms with Crippen molar-refractivity contribution < 1.29 is 38.6 Å². The maximum absolute atomic E-state index is 13.0. The van der Waals surface area contributed by atoms with Crippen LogP contribution in [0.1, 0.15) is 70.7 Å². The molecule has 0 aliphatic rings. The van der Waals surface area contributed by atoms with Crippen molar-refractivity contribution in [3.05, 3.63) is 42.0 Å². The normalized spacial score (nSPS) is 12.2. The number of nitrogens with zero attached hydrogens (tertiary/aromatic N) is 1. The average molecular weight is 505 g/mol. The van der Waals surface area contributed by atoms with E-state index in [2.05, 4.69) is 10.1 Å². The molecule has 1 rings (SSSR count). The Morgan fingerprint density at radius 1 is 1.06 bits per heavy atom. The fraction of sp³-hybridized carbons (Fsp3) is 0.500. The molecule has 0 aromatic heterocycles. The Hall–Kier alpha value is -3.69. The Kier molecular flexibility index (Phi) is 11.8. The number of aliphatic carboxylic acids is 1. The minimum Gasteiger partial charge on any atom is -0.480 e. The summed E-state index contributed by atoms with van der Waals surface area (Å²) in [6, 6.07) is 3.52. The van der Waals surface area contributed by atoms with Crippen LogP contribution in [0.4, 0.5) is 10.5 Å². The first-order chi connectivity index (χ1) is 16.7. The molecule has 0 aliphatic heterocycles. The number of carboxylic acid groups (broad SMARTS) is 1. The van der Waals surface area contributed by atoms with Crippen molar-refractivity contribution in [2.75, 3.05) is 12.4 Å². The van der Waals surface area contributed by atoms with Crippen molar-refractivity contribution in [3.63, 3.8) is 0 Å². The van der Waals surface area contributed by atoms with Crippen LogP contribution in [0.5, 0.6) is 0 Å². The summed E-state index contributed by atoms with van der Waals surface area (Å²) in [7, 11) is 1.25. The summed E-state index contributed by atoms with van der Waals surface area (Å²) >= 11 is 0. The number of anilines is 1. The Morgan fingerprint density at radius 2 is 1.67 bits per heavy atom. The number of amides is 3. The molecule has 36 heavy (non-hydrogen) atoms. The van der Waals surface area contributed by atoms with Crippen LogP contribution in [-0.4, -0.2) is 58.6 Å². The van der Waals surface area contributed by atoms with Crippen LogP contribution < -0.4 is 5.32 Å². The number of hydrogen-bond acceptors (Lipinski definition) is 7. The number of hydrogen-bond donors (Lipinski definition) is 2. The van der Waals surface area contributed by atoms with Gasteiger partial charge in [0.2, 0.25) is 5.91 Å². The van der Waals surface area contributed by atoms with Crippen molar-refractivity contribution in [3.8, 4) is 0 Å². The number of carbonyl (C=O) groups is 5. The van der Waals surface area contributed by atoms with Gasteiger partial charge in [0, 0.05) is 12.1 Å². The molecule has 1 atom stereocenters. The van der Waals surface area contributed by atoms with E-state index in [1.165, 1.54) is 31.4 Å². The first-order valence-electron chi connectivity index (χ1n) is 11.7. The van der Waals surface area contributed by atoms with Crippen LogP contribution in [0.3, 0.4) is 0 Å². The van der Waals surface area contributed by atoms with Gasteiger partial charge in [-0.3, -0.25) is 9.59 Å². The summed E-state index contributed by atoms with van der Waals surface area (Å²) in [6.07, 6.45) is 3.35. The summed E-state index contributed by atoms with van der Waals surface area (Å²) in [4.78, 5) is 62.1. The van der Waals surface area contributed by atoms with E-state index < -0.39 is 41.5 Å². The molecule has 198 valence electrons. The van der Waals surface area contributed by atoms with Crippen LogP contribution in [0, 0.1) is 5.92 Å². The van der Waals surface area contributed by atoms with E-state index in [4.69, 9.17) is 4.74 Å². The lowest BCUT2D eigenvalue weighted by Crippen LogP contribution is -2.51. The lowest BCUT2D eigenvalue weighted by atomic mass is 10.0. The fourth-order valence-electron chi connectivity index (χ4n) is 3.19. The molecule has 3 amide bonds. The van der Waals surface area contributed by atoms with Crippen molar-refractivity contribution in [2.24, 2.45) is 5.92 Å². The van der Waals surface area contributed by atoms with E-state index in [0.29, 0.717) is 0 Å². The Morgan fingerprint density at radius 3 is 2.17 bits per heavy atom. The van der Waals surface area contributed by atoms with Gasteiger partial charge >= 0.3 is 23.9 Å². The van der Waals surface area contributed by atoms with Crippen LogP contribution in [0.25, 0.3) is 0 Å². The summed E-state index contributed by atoms with van der Waals surface area (Å²) in [5.74, 6) is -3.02. The number of rotatable bonds is 11. The Labute approximate surface area is 211 Å². The Bertz CT molecular complexity index is 961. The fourth-order valence-corrected chi connectivity index (χ4v) is 3.19. The smallest absolute Gasteiger partial charge is 0.337 e. The molecule has 0 aliphatic carbocycles. The molecule has 0 unspecified atom stereocenters. The van der Waals surface area contributed by atoms with Gasteiger partial charge in [-0.1, -0.05) is 26.0 Å². The molecule has 0 bridgehead atoms. The van der Waals surface area contributed by atoms with Gasteiger partial charge in [-0.05, 0) is 63.8 Å². The lowest BCUT2D eigenvalue weighted by molar-refractivity contribution is -0.153. The monoisotopic (exact) mass is 504 g/mol. The molecular weight excluding hydrogens is 468 g/mol. The van der Waals surface area contributed by atoms with E-state index in [0.717, 1.165) is 4.90 Å². The number of ether oxygens (including phenoxy) is 2. The van der Waals surface area contributed by atoms with E-state index in [-0.39, 0.29) is 42.9 Å². The zero-order chi connectivity index (χ0) is 27.5. The van der Waals surface area contributed by atoms with Gasteiger partial charge in [-0.15, -0.1) is 0 Å². The first kappa shape index (κ1) is 30.3. The summed E-state index contributed by atoms with van der Waals surface area (Å²) in [5, 5.41) is 12.3. The third-order valence-electron chi connectivity index (χ3n) is 4.73. The third-order valence-corrected chi connectivity index (χ3v) is 4.73. The van der Waals surface area contributed by atoms with E-state index in [1.54, 1.807) is 46.8 Å². The number of esters is 2. The SMILES string of the molecule is COC(=O)c1ccc(NC(=O)N(C(=O)CCC=CCC(=O)OC(C)(C)C)[C@@H](CC(C)C)C(=O)O)cc1. The highest BCUT2D eigenvalue weighted by molar-refractivity contribution is 6.04. The molecule has 0 spiro atoms. The molecule has 10 heteroatoms. The zero-order valence-corrected chi connectivity index (χ0v) is 21.7. The molecule has 2 N–H and O–H groups in total. The standard InChI is InChI=1S/C26H36N2O8/c1-17(2)16-20(23(31)32)28(21(29)10-8-7-9-11-22(30)36-26(3,4)5)25(34)27-19-14-12-18(13-15-19)24(33)35-6/h7,9,12-15,17,20H,8,10-11,16H2,1-6H3,(H,27,34)(H,31,32)/t20-/m0/s1. The molecule has 0 saturated heterocycles. The topological polar surface area (TPSA) is 139 Å². The number of methoxy groups -OCH3 is 1. The van der Waals surface area contributed by atoms with Gasteiger partial charge in [0.25, 0.3) is 0 Å². The van der Waals surface area contributed by atoms with Crippen LogP contribution in [0.15, 0.2) is 36.4 Å². The zero-order valence-electron chi connectivity index (χ0n) is 21.7. The van der Waals surface area contributed by atoms with Crippen LogP contribution in [-0.2, 0) is 23.9 Å². The van der Waals surface area contributed by atoms with Gasteiger partial charge in [0.1, 0.15) is 11.6 Å². The molecule has 0 saturated carbocycles. The van der Waals surface area contributed by atoms with E-state index in [1.807, 2.05) is 0 Å². The molecular formula is C26H36N2O8. The highest BCUT2D eigenvalue weighted by atomic mass is 16.6. The van der Waals surface area contributed by atoms with Crippen LogP contribution >= 0.6 is 0 Å². The highest BCUT2D eigenvalue weighted by Gasteiger charge is 2.35. The average Bonchev–Trinajstić information content (AvgIpc) is 2.76. The Balaban J connectivity index is 2.96. The number of benzene rings is 1. The summed E-state index contributed by atoms with van der Waals surface area (Å²) in [5.41, 5.74) is -0.0578. The molecule has 1 aromatic carbocycles. The number of carboxylic acids is 1. The minimum atomic E-state index is -1.36. The summed E-state index contributed by atoms with van der Waals surface area (Å²) in [6.45, 7) is 8.87. The second-order valence-electron chi connectivity index (χ2n) is 9.55.